The predicted octanol–water partition coefficient (Wildman–Crippen LogP) is 1.80. The molecule has 5 nitrogen and oxygen atoms in total. The molecule has 1 aliphatic carbocycles. The van der Waals surface area contributed by atoms with Crippen molar-refractivity contribution < 1.29 is 9.53 Å². The molecule has 2 amide bonds. The first-order valence-corrected chi connectivity index (χ1v) is 7.42. The van der Waals surface area contributed by atoms with Crippen molar-refractivity contribution in [3.8, 4) is 5.75 Å². The van der Waals surface area contributed by atoms with Crippen LogP contribution in [-0.2, 0) is 0 Å². The number of urea groups is 1. The van der Waals surface area contributed by atoms with Gasteiger partial charge in [-0.3, -0.25) is 0 Å². The summed E-state index contributed by atoms with van der Waals surface area (Å²) in [5.74, 6) is 1.55. The molecular formula is C16H25N3O2. The number of rotatable bonds is 6. The molecule has 2 N–H and O–H groups in total. The molecule has 0 spiro atoms. The topological polar surface area (TPSA) is 53.6 Å². The number of nitrogens with one attached hydrogen (secondary N) is 2. The second kappa shape index (κ2) is 7.31. The van der Waals surface area contributed by atoms with Gasteiger partial charge in [-0.2, -0.15) is 0 Å². The second-order valence-corrected chi connectivity index (χ2v) is 5.72. The van der Waals surface area contributed by atoms with Crippen molar-refractivity contribution in [1.82, 2.24) is 15.5 Å². The summed E-state index contributed by atoms with van der Waals surface area (Å²) in [6.45, 7) is 1.48. The van der Waals surface area contributed by atoms with Gasteiger partial charge < -0.3 is 20.3 Å². The maximum atomic E-state index is 11.3. The lowest BCUT2D eigenvalue weighted by Crippen LogP contribution is -2.44. The first-order chi connectivity index (χ1) is 10.1. The molecule has 1 fully saturated rings. The highest BCUT2D eigenvalue weighted by molar-refractivity contribution is 5.73. The lowest BCUT2D eigenvalue weighted by Gasteiger charge is -2.36. The minimum atomic E-state index is -0.0420. The van der Waals surface area contributed by atoms with Gasteiger partial charge in [0.25, 0.3) is 0 Å². The number of amides is 2. The number of hydrogen-bond acceptors (Lipinski definition) is 3. The molecule has 0 aliphatic heterocycles. The van der Waals surface area contributed by atoms with Crippen LogP contribution in [0, 0.1) is 0 Å². The second-order valence-electron chi connectivity index (χ2n) is 5.72. The van der Waals surface area contributed by atoms with Crippen LogP contribution < -0.4 is 15.4 Å². The molecule has 0 saturated heterocycles. The number of carbonyl (C=O) groups excluding carboxylic acids is 1. The average Bonchev–Trinajstić information content (AvgIpc) is 2.44. The van der Waals surface area contributed by atoms with Crippen molar-refractivity contribution in [1.29, 1.82) is 0 Å². The van der Waals surface area contributed by atoms with Crippen molar-refractivity contribution in [3.05, 3.63) is 29.8 Å². The minimum Gasteiger partial charge on any atom is -0.497 e. The molecule has 0 bridgehead atoms. The first kappa shape index (κ1) is 15.6. The lowest BCUT2D eigenvalue weighted by molar-refractivity contribution is 0.216. The summed E-state index contributed by atoms with van der Waals surface area (Å²) in [7, 11) is 5.19. The van der Waals surface area contributed by atoms with Crippen molar-refractivity contribution >= 4 is 6.03 Å². The normalized spacial score (nSPS) is 20.5. The summed E-state index contributed by atoms with van der Waals surface area (Å²) in [5, 5.41) is 6.33. The Morgan fingerprint density at radius 1 is 1.33 bits per heavy atom. The van der Waals surface area contributed by atoms with E-state index >= 15 is 0 Å². The van der Waals surface area contributed by atoms with E-state index in [-0.39, 0.29) is 6.03 Å². The molecule has 1 aromatic rings. The Morgan fingerprint density at radius 2 is 2.10 bits per heavy atom. The molecule has 0 radical (unpaired) electrons. The van der Waals surface area contributed by atoms with Crippen LogP contribution in [0.4, 0.5) is 4.79 Å². The van der Waals surface area contributed by atoms with E-state index in [4.69, 9.17) is 4.74 Å². The molecule has 21 heavy (non-hydrogen) atoms. The van der Waals surface area contributed by atoms with Crippen LogP contribution in [0.2, 0.25) is 0 Å². The van der Waals surface area contributed by atoms with E-state index in [0.717, 1.165) is 25.1 Å². The third-order valence-electron chi connectivity index (χ3n) is 3.94. The van der Waals surface area contributed by atoms with Crippen LogP contribution in [0.15, 0.2) is 24.3 Å². The zero-order valence-corrected chi connectivity index (χ0v) is 13.1. The molecule has 0 heterocycles. The molecule has 116 valence electrons. The van der Waals surface area contributed by atoms with Crippen LogP contribution in [0.5, 0.6) is 5.75 Å². The molecule has 1 aromatic carbocycles. The molecule has 0 unspecified atom stereocenters. The fourth-order valence-corrected chi connectivity index (χ4v) is 2.56. The molecule has 1 aliphatic rings. The van der Waals surface area contributed by atoms with Gasteiger partial charge >= 0.3 is 6.03 Å². The first-order valence-electron chi connectivity index (χ1n) is 7.42. The fraction of sp³-hybridized carbons (Fsp3) is 0.562. The maximum absolute atomic E-state index is 11.3. The molecule has 2 rings (SSSR count). The van der Waals surface area contributed by atoms with Crippen molar-refractivity contribution in [2.24, 2.45) is 0 Å². The van der Waals surface area contributed by atoms with Gasteiger partial charge in [0.2, 0.25) is 0 Å². The maximum Gasteiger partial charge on any atom is 0.316 e. The van der Waals surface area contributed by atoms with Gasteiger partial charge in [0.15, 0.2) is 0 Å². The molecular weight excluding hydrogens is 266 g/mol. The lowest BCUT2D eigenvalue weighted by atomic mass is 9.76. The quantitative estimate of drug-likeness (QED) is 0.786. The van der Waals surface area contributed by atoms with Crippen molar-refractivity contribution in [2.75, 3.05) is 34.3 Å². The highest BCUT2D eigenvalue weighted by Crippen LogP contribution is 2.37. The summed E-state index contributed by atoms with van der Waals surface area (Å²) < 4.78 is 5.26. The molecule has 5 heteroatoms. The van der Waals surface area contributed by atoms with E-state index in [9.17, 15) is 4.79 Å². The Morgan fingerprint density at radius 3 is 2.76 bits per heavy atom. The monoisotopic (exact) mass is 291 g/mol. The zero-order chi connectivity index (χ0) is 15.2. The average molecular weight is 291 g/mol. The van der Waals surface area contributed by atoms with E-state index in [1.807, 2.05) is 12.1 Å². The van der Waals surface area contributed by atoms with Crippen LogP contribution in [0.25, 0.3) is 0 Å². The van der Waals surface area contributed by atoms with Gasteiger partial charge in [0.05, 0.1) is 7.11 Å². The summed E-state index contributed by atoms with van der Waals surface area (Å²) in [6, 6.07) is 8.83. The summed E-state index contributed by atoms with van der Waals surface area (Å²) in [5.41, 5.74) is 1.35. The third-order valence-corrected chi connectivity index (χ3v) is 3.94. The largest absolute Gasteiger partial charge is 0.497 e. The number of ether oxygens (including phenoxy) is 1. The van der Waals surface area contributed by atoms with Crippen molar-refractivity contribution in [2.45, 2.75) is 24.8 Å². The summed E-state index contributed by atoms with van der Waals surface area (Å²) in [6.07, 6.45) is 2.30. The van der Waals surface area contributed by atoms with Crippen LogP contribution in [0.3, 0.4) is 0 Å². The minimum absolute atomic E-state index is 0.0420. The number of hydrogen-bond donors (Lipinski definition) is 2. The number of nitrogens with zero attached hydrogens (tertiary/aromatic N) is 1. The zero-order valence-electron chi connectivity index (χ0n) is 13.1. The number of benzene rings is 1. The van der Waals surface area contributed by atoms with Crippen LogP contribution in [-0.4, -0.2) is 51.3 Å². The third kappa shape index (κ3) is 4.36. The summed E-state index contributed by atoms with van der Waals surface area (Å²) >= 11 is 0. The summed E-state index contributed by atoms with van der Waals surface area (Å²) in [4.78, 5) is 12.9. The Hall–Kier alpha value is -1.75. The van der Waals surface area contributed by atoms with Gasteiger partial charge in [-0.25, -0.2) is 4.79 Å². The molecule has 1 saturated carbocycles. The standard InChI is InChI=1S/C16H25N3O2/c1-19(2)16(20)18-8-7-17-14-9-13(10-14)12-5-4-6-15(11-12)21-3/h4-6,11,13-14,17H,7-10H2,1-3H3,(H,18,20). The highest BCUT2D eigenvalue weighted by Gasteiger charge is 2.29. The fourth-order valence-electron chi connectivity index (χ4n) is 2.56. The van der Waals surface area contributed by atoms with Gasteiger partial charge in [-0.1, -0.05) is 12.1 Å². The van der Waals surface area contributed by atoms with E-state index in [1.165, 1.54) is 5.56 Å². The van der Waals surface area contributed by atoms with Crippen molar-refractivity contribution in [3.63, 3.8) is 0 Å². The van der Waals surface area contributed by atoms with Crippen LogP contribution >= 0.6 is 0 Å². The molecule has 0 aromatic heterocycles. The van der Waals surface area contributed by atoms with E-state index in [2.05, 4.69) is 22.8 Å². The number of methoxy groups -OCH3 is 1. The highest BCUT2D eigenvalue weighted by atomic mass is 16.5. The Bertz CT molecular complexity index is 470. The number of carbonyl (C=O) groups is 1. The van der Waals surface area contributed by atoms with E-state index in [0.29, 0.717) is 18.5 Å². The Balaban J connectivity index is 1.64. The smallest absolute Gasteiger partial charge is 0.316 e. The Kier molecular flexibility index (Phi) is 5.44. The predicted molar refractivity (Wildman–Crippen MR) is 83.8 cm³/mol. The van der Waals surface area contributed by atoms with Gasteiger partial charge in [0.1, 0.15) is 5.75 Å². The van der Waals surface area contributed by atoms with E-state index < -0.39 is 0 Å². The van der Waals surface area contributed by atoms with Crippen LogP contribution in [0.1, 0.15) is 24.3 Å². The van der Waals surface area contributed by atoms with Gasteiger partial charge in [-0.05, 0) is 36.5 Å². The van der Waals surface area contributed by atoms with Gasteiger partial charge in [-0.15, -0.1) is 0 Å². The Labute approximate surface area is 126 Å². The SMILES string of the molecule is COc1cccc(C2CC(NCCNC(=O)N(C)C)C2)c1. The van der Waals surface area contributed by atoms with Gasteiger partial charge in [0, 0.05) is 33.2 Å². The molecule has 0 atom stereocenters. The van der Waals surface area contributed by atoms with E-state index in [1.54, 1.807) is 26.1 Å².